The molecule has 0 aliphatic heterocycles. The first-order chi connectivity index (χ1) is 8.45. The standard InChI is InChI=1S/C13H9F4N/c14-10-3-7-12(8-4-10)18-11-5-1-9(2-6-11)13(15,16)17/h1-8,18H. The Kier molecular flexibility index (Phi) is 3.23. The minimum atomic E-state index is -4.34. The quantitative estimate of drug-likeness (QED) is 0.774. The maximum Gasteiger partial charge on any atom is 0.416 e. The average Bonchev–Trinajstić information content (AvgIpc) is 2.32. The molecular formula is C13H9F4N. The zero-order valence-corrected chi connectivity index (χ0v) is 9.13. The van der Waals surface area contributed by atoms with Gasteiger partial charge in [-0.2, -0.15) is 13.2 Å². The predicted octanol–water partition coefficient (Wildman–Crippen LogP) is 4.59. The summed E-state index contributed by atoms with van der Waals surface area (Å²) in [5.74, 6) is -0.368. The first-order valence-electron chi connectivity index (χ1n) is 5.15. The van der Waals surface area contributed by atoms with Gasteiger partial charge in [0.15, 0.2) is 0 Å². The zero-order chi connectivity index (χ0) is 13.2. The summed E-state index contributed by atoms with van der Waals surface area (Å²) in [5.41, 5.74) is 0.415. The van der Waals surface area contributed by atoms with Crippen LogP contribution in [0.1, 0.15) is 5.56 Å². The SMILES string of the molecule is Fc1ccc(Nc2ccc(C(F)(F)F)cc2)cc1. The van der Waals surface area contributed by atoms with Crippen molar-refractivity contribution < 1.29 is 17.6 Å². The van der Waals surface area contributed by atoms with Crippen molar-refractivity contribution in [3.8, 4) is 0 Å². The van der Waals surface area contributed by atoms with Crippen LogP contribution in [0.2, 0.25) is 0 Å². The number of halogens is 4. The first kappa shape index (κ1) is 12.4. The van der Waals surface area contributed by atoms with E-state index >= 15 is 0 Å². The summed E-state index contributed by atoms with van der Waals surface area (Å²) < 4.78 is 49.6. The molecule has 0 bridgehead atoms. The van der Waals surface area contributed by atoms with E-state index in [9.17, 15) is 17.6 Å². The number of anilines is 2. The van der Waals surface area contributed by atoms with Gasteiger partial charge in [0.05, 0.1) is 5.56 Å². The van der Waals surface area contributed by atoms with Gasteiger partial charge in [0.1, 0.15) is 5.82 Å². The van der Waals surface area contributed by atoms with Gasteiger partial charge in [-0.3, -0.25) is 0 Å². The van der Waals surface area contributed by atoms with Crippen LogP contribution in [0.25, 0.3) is 0 Å². The molecule has 0 spiro atoms. The maximum absolute atomic E-state index is 12.7. The number of hydrogen-bond donors (Lipinski definition) is 1. The molecule has 2 aromatic rings. The van der Waals surface area contributed by atoms with Gasteiger partial charge in [-0.05, 0) is 48.5 Å². The number of rotatable bonds is 2. The molecule has 0 heterocycles. The van der Waals surface area contributed by atoms with E-state index in [1.165, 1.54) is 36.4 Å². The van der Waals surface area contributed by atoms with Crippen molar-refractivity contribution in [2.24, 2.45) is 0 Å². The van der Waals surface area contributed by atoms with Gasteiger partial charge in [0, 0.05) is 11.4 Å². The lowest BCUT2D eigenvalue weighted by Gasteiger charge is -2.09. The van der Waals surface area contributed by atoms with Crippen LogP contribution in [0.15, 0.2) is 48.5 Å². The van der Waals surface area contributed by atoms with Gasteiger partial charge in [-0.15, -0.1) is 0 Å². The van der Waals surface area contributed by atoms with Crippen LogP contribution in [-0.2, 0) is 6.18 Å². The molecule has 1 nitrogen and oxygen atoms in total. The number of nitrogens with one attached hydrogen (secondary N) is 1. The third kappa shape index (κ3) is 3.00. The van der Waals surface area contributed by atoms with Crippen LogP contribution < -0.4 is 5.32 Å². The van der Waals surface area contributed by atoms with Gasteiger partial charge in [-0.1, -0.05) is 0 Å². The van der Waals surface area contributed by atoms with Crippen molar-refractivity contribution in [3.05, 3.63) is 59.9 Å². The van der Waals surface area contributed by atoms with E-state index in [1.807, 2.05) is 0 Å². The maximum atomic E-state index is 12.7. The lowest BCUT2D eigenvalue weighted by Crippen LogP contribution is -2.04. The monoisotopic (exact) mass is 255 g/mol. The molecule has 0 unspecified atom stereocenters. The lowest BCUT2D eigenvalue weighted by atomic mass is 10.2. The van der Waals surface area contributed by atoms with Crippen molar-refractivity contribution in [2.75, 3.05) is 5.32 Å². The Morgan fingerprint density at radius 2 is 1.17 bits per heavy atom. The summed E-state index contributed by atoms with van der Waals surface area (Å²) >= 11 is 0. The topological polar surface area (TPSA) is 12.0 Å². The van der Waals surface area contributed by atoms with Crippen molar-refractivity contribution in [1.29, 1.82) is 0 Å². The van der Waals surface area contributed by atoms with Gasteiger partial charge in [0.2, 0.25) is 0 Å². The Balaban J connectivity index is 2.13. The molecular weight excluding hydrogens is 246 g/mol. The van der Waals surface area contributed by atoms with Crippen molar-refractivity contribution in [3.63, 3.8) is 0 Å². The molecule has 1 N–H and O–H groups in total. The second-order valence-corrected chi connectivity index (χ2v) is 3.71. The van der Waals surface area contributed by atoms with Crippen LogP contribution in [0.4, 0.5) is 28.9 Å². The lowest BCUT2D eigenvalue weighted by molar-refractivity contribution is -0.137. The Morgan fingerprint density at radius 1 is 0.722 bits per heavy atom. The van der Waals surface area contributed by atoms with Gasteiger partial charge < -0.3 is 5.32 Å². The van der Waals surface area contributed by atoms with Gasteiger partial charge in [-0.25, -0.2) is 4.39 Å². The molecule has 94 valence electrons. The summed E-state index contributed by atoms with van der Waals surface area (Å²) in [6, 6.07) is 10.2. The highest BCUT2D eigenvalue weighted by Crippen LogP contribution is 2.30. The van der Waals surface area contributed by atoms with Crippen molar-refractivity contribution in [1.82, 2.24) is 0 Å². The van der Waals surface area contributed by atoms with E-state index in [0.717, 1.165) is 12.1 Å². The molecule has 0 saturated carbocycles. The van der Waals surface area contributed by atoms with E-state index in [0.29, 0.717) is 11.4 Å². The minimum absolute atomic E-state index is 0.368. The van der Waals surface area contributed by atoms with Crippen LogP contribution >= 0.6 is 0 Å². The predicted molar refractivity (Wildman–Crippen MR) is 61.1 cm³/mol. The molecule has 0 aliphatic rings. The van der Waals surface area contributed by atoms with E-state index in [2.05, 4.69) is 5.32 Å². The van der Waals surface area contributed by atoms with Crippen LogP contribution in [0, 0.1) is 5.82 Å². The average molecular weight is 255 g/mol. The second-order valence-electron chi connectivity index (χ2n) is 3.71. The fraction of sp³-hybridized carbons (Fsp3) is 0.0769. The highest BCUT2D eigenvalue weighted by Gasteiger charge is 2.29. The zero-order valence-electron chi connectivity index (χ0n) is 9.13. The van der Waals surface area contributed by atoms with Gasteiger partial charge >= 0.3 is 6.18 Å². The molecule has 0 aromatic heterocycles. The van der Waals surface area contributed by atoms with Crippen molar-refractivity contribution in [2.45, 2.75) is 6.18 Å². The van der Waals surface area contributed by atoms with E-state index in [1.54, 1.807) is 0 Å². The van der Waals surface area contributed by atoms with E-state index < -0.39 is 11.7 Å². The second kappa shape index (κ2) is 4.68. The highest BCUT2D eigenvalue weighted by atomic mass is 19.4. The van der Waals surface area contributed by atoms with Crippen molar-refractivity contribution >= 4 is 11.4 Å². The number of alkyl halides is 3. The van der Waals surface area contributed by atoms with Gasteiger partial charge in [0.25, 0.3) is 0 Å². The largest absolute Gasteiger partial charge is 0.416 e. The number of hydrogen-bond acceptors (Lipinski definition) is 1. The van der Waals surface area contributed by atoms with E-state index in [-0.39, 0.29) is 5.82 Å². The summed E-state index contributed by atoms with van der Waals surface area (Å²) in [6.45, 7) is 0. The van der Waals surface area contributed by atoms with E-state index in [4.69, 9.17) is 0 Å². The molecule has 2 rings (SSSR count). The summed E-state index contributed by atoms with van der Waals surface area (Å²) in [4.78, 5) is 0. The molecule has 0 amide bonds. The molecule has 5 heteroatoms. The smallest absolute Gasteiger partial charge is 0.356 e. The Hall–Kier alpha value is -2.04. The minimum Gasteiger partial charge on any atom is -0.356 e. The summed E-state index contributed by atoms with van der Waals surface area (Å²) in [5, 5.41) is 2.88. The highest BCUT2D eigenvalue weighted by molar-refractivity contribution is 5.59. The Labute approximate surface area is 101 Å². The fourth-order valence-corrected chi connectivity index (χ4v) is 1.44. The molecule has 0 saturated heterocycles. The molecule has 18 heavy (non-hydrogen) atoms. The Bertz CT molecular complexity index is 514. The molecule has 0 aliphatic carbocycles. The first-order valence-corrected chi connectivity index (χ1v) is 5.15. The Morgan fingerprint density at radius 3 is 1.61 bits per heavy atom. The molecule has 0 radical (unpaired) electrons. The normalized spacial score (nSPS) is 11.3. The summed E-state index contributed by atoms with van der Waals surface area (Å²) in [7, 11) is 0. The van der Waals surface area contributed by atoms with Crippen LogP contribution in [-0.4, -0.2) is 0 Å². The third-order valence-corrected chi connectivity index (χ3v) is 2.35. The van der Waals surface area contributed by atoms with Crippen LogP contribution in [0.5, 0.6) is 0 Å². The fourth-order valence-electron chi connectivity index (χ4n) is 1.44. The molecule has 0 atom stereocenters. The summed E-state index contributed by atoms with van der Waals surface area (Å²) in [6.07, 6.45) is -4.34. The molecule has 2 aromatic carbocycles. The number of benzene rings is 2. The molecule has 0 fully saturated rings. The third-order valence-electron chi connectivity index (χ3n) is 2.35. The van der Waals surface area contributed by atoms with Crippen LogP contribution in [0.3, 0.4) is 0 Å².